The van der Waals surface area contributed by atoms with Crippen LogP contribution >= 0.6 is 11.6 Å². The van der Waals surface area contributed by atoms with Gasteiger partial charge in [-0.05, 0) is 48.5 Å². The van der Waals surface area contributed by atoms with E-state index in [1.807, 2.05) is 11.4 Å². The van der Waals surface area contributed by atoms with Gasteiger partial charge in [-0.3, -0.25) is 9.78 Å². The van der Waals surface area contributed by atoms with Crippen LogP contribution in [0.4, 0.5) is 43.8 Å². The SMILES string of the molecule is O=C(Nc1ccc(Cl)c(C(F)(F)F)c1)Nc1cc(F)cc(C(=O)c2ccc3ncc(N4CCOCC4)cc3c2)c1F. The Morgan fingerprint density at radius 3 is 2.44 bits per heavy atom. The van der Waals surface area contributed by atoms with Gasteiger partial charge in [-0.25, -0.2) is 13.6 Å². The van der Waals surface area contributed by atoms with E-state index in [1.165, 1.54) is 12.1 Å². The number of morpholine rings is 1. The van der Waals surface area contributed by atoms with Gasteiger partial charge in [0.05, 0.1) is 52.5 Å². The largest absolute Gasteiger partial charge is 0.417 e. The zero-order valence-electron chi connectivity index (χ0n) is 21.0. The zero-order valence-corrected chi connectivity index (χ0v) is 21.7. The lowest BCUT2D eigenvalue weighted by Gasteiger charge is -2.28. The van der Waals surface area contributed by atoms with E-state index in [2.05, 4.69) is 15.2 Å². The molecule has 0 aliphatic carbocycles. The summed E-state index contributed by atoms with van der Waals surface area (Å²) in [6.07, 6.45) is -3.07. The van der Waals surface area contributed by atoms with E-state index < -0.39 is 51.5 Å². The summed E-state index contributed by atoms with van der Waals surface area (Å²) >= 11 is 5.58. The van der Waals surface area contributed by atoms with Gasteiger partial charge in [-0.1, -0.05) is 11.6 Å². The maximum Gasteiger partial charge on any atom is 0.417 e. The van der Waals surface area contributed by atoms with Crippen LogP contribution in [-0.4, -0.2) is 43.1 Å². The number of anilines is 3. The number of nitrogens with zero attached hydrogens (tertiary/aromatic N) is 2. The molecule has 41 heavy (non-hydrogen) atoms. The molecule has 1 aromatic heterocycles. The first-order valence-electron chi connectivity index (χ1n) is 12.2. The molecule has 4 aromatic rings. The summed E-state index contributed by atoms with van der Waals surface area (Å²) in [6.45, 7) is 2.48. The molecular formula is C28H20ClF5N4O3. The summed E-state index contributed by atoms with van der Waals surface area (Å²) in [6, 6.07) is 9.16. The first kappa shape index (κ1) is 28.2. The first-order valence-corrected chi connectivity index (χ1v) is 12.6. The fourth-order valence-electron chi connectivity index (χ4n) is 4.36. The number of carbonyl (C=O) groups is 2. The van der Waals surface area contributed by atoms with Crippen molar-refractivity contribution in [2.75, 3.05) is 41.8 Å². The number of pyridine rings is 1. The molecule has 3 aromatic carbocycles. The molecule has 0 unspecified atom stereocenters. The summed E-state index contributed by atoms with van der Waals surface area (Å²) in [4.78, 5) is 32.2. The maximum absolute atomic E-state index is 15.4. The lowest BCUT2D eigenvalue weighted by atomic mass is 10.00. The highest BCUT2D eigenvalue weighted by Gasteiger charge is 2.33. The third kappa shape index (κ3) is 6.23. The second kappa shape index (κ2) is 11.3. The predicted octanol–water partition coefficient (Wildman–Crippen LogP) is 6.90. The molecule has 0 spiro atoms. The van der Waals surface area contributed by atoms with Crippen molar-refractivity contribution in [3.8, 4) is 0 Å². The number of alkyl halides is 3. The van der Waals surface area contributed by atoms with Crippen LogP contribution in [0.5, 0.6) is 0 Å². The van der Waals surface area contributed by atoms with Gasteiger partial charge in [0.15, 0.2) is 11.6 Å². The summed E-state index contributed by atoms with van der Waals surface area (Å²) < 4.78 is 74.5. The number of aromatic nitrogens is 1. The van der Waals surface area contributed by atoms with Crippen molar-refractivity contribution in [1.82, 2.24) is 4.98 Å². The Kier molecular flexibility index (Phi) is 7.78. The monoisotopic (exact) mass is 590 g/mol. The van der Waals surface area contributed by atoms with Crippen LogP contribution in [0.25, 0.3) is 10.9 Å². The molecule has 1 aliphatic heterocycles. The number of urea groups is 1. The molecule has 0 saturated carbocycles. The molecular weight excluding hydrogens is 571 g/mol. The van der Waals surface area contributed by atoms with Gasteiger partial charge in [-0.15, -0.1) is 0 Å². The van der Waals surface area contributed by atoms with Gasteiger partial charge >= 0.3 is 12.2 Å². The summed E-state index contributed by atoms with van der Waals surface area (Å²) in [5.41, 5.74) is -1.36. The van der Waals surface area contributed by atoms with Crippen LogP contribution in [0.15, 0.2) is 60.8 Å². The Labute approximate surface area is 234 Å². The number of ketones is 1. The Balaban J connectivity index is 1.38. The molecule has 1 saturated heterocycles. The molecule has 2 amide bonds. The quantitative estimate of drug-likeness (QED) is 0.195. The summed E-state index contributed by atoms with van der Waals surface area (Å²) in [7, 11) is 0. The number of carbonyl (C=O) groups excluding carboxylic acids is 2. The average Bonchev–Trinajstić information content (AvgIpc) is 2.94. The van der Waals surface area contributed by atoms with Gasteiger partial charge in [0.1, 0.15) is 5.82 Å². The van der Waals surface area contributed by atoms with Crippen LogP contribution in [0, 0.1) is 11.6 Å². The molecule has 0 atom stereocenters. The number of amides is 2. The molecule has 7 nitrogen and oxygen atoms in total. The number of benzene rings is 3. The molecule has 0 radical (unpaired) electrons. The van der Waals surface area contributed by atoms with Crippen molar-refractivity contribution in [1.29, 1.82) is 0 Å². The van der Waals surface area contributed by atoms with Gasteiger partial charge in [0, 0.05) is 35.8 Å². The normalized spacial score (nSPS) is 13.8. The fourth-order valence-corrected chi connectivity index (χ4v) is 4.59. The topological polar surface area (TPSA) is 83.6 Å². The number of rotatable bonds is 5. The minimum atomic E-state index is -4.78. The number of ether oxygens (including phenoxy) is 1. The van der Waals surface area contributed by atoms with Crippen molar-refractivity contribution in [2.45, 2.75) is 6.18 Å². The van der Waals surface area contributed by atoms with E-state index >= 15 is 4.39 Å². The second-order valence-corrected chi connectivity index (χ2v) is 9.52. The van der Waals surface area contributed by atoms with Crippen LogP contribution in [0.3, 0.4) is 0 Å². The van der Waals surface area contributed by atoms with E-state index in [0.717, 1.165) is 17.8 Å². The van der Waals surface area contributed by atoms with Gasteiger partial charge < -0.3 is 20.3 Å². The summed E-state index contributed by atoms with van der Waals surface area (Å²) in [5, 5.41) is 4.17. The summed E-state index contributed by atoms with van der Waals surface area (Å²) in [5.74, 6) is -3.09. The highest BCUT2D eigenvalue weighted by Crippen LogP contribution is 2.36. The smallest absolute Gasteiger partial charge is 0.378 e. The Hall–Kier alpha value is -4.29. The number of nitrogens with one attached hydrogen (secondary N) is 2. The second-order valence-electron chi connectivity index (χ2n) is 9.12. The van der Waals surface area contributed by atoms with E-state index in [9.17, 15) is 27.2 Å². The van der Waals surface area contributed by atoms with E-state index in [1.54, 1.807) is 12.3 Å². The van der Waals surface area contributed by atoms with Gasteiger partial charge in [0.25, 0.3) is 0 Å². The van der Waals surface area contributed by atoms with E-state index in [0.29, 0.717) is 55.4 Å². The lowest BCUT2D eigenvalue weighted by molar-refractivity contribution is -0.137. The van der Waals surface area contributed by atoms with Crippen LogP contribution in [-0.2, 0) is 10.9 Å². The Morgan fingerprint density at radius 1 is 0.951 bits per heavy atom. The lowest BCUT2D eigenvalue weighted by Crippen LogP contribution is -2.36. The van der Waals surface area contributed by atoms with Crippen molar-refractivity contribution in [3.63, 3.8) is 0 Å². The highest BCUT2D eigenvalue weighted by atomic mass is 35.5. The van der Waals surface area contributed by atoms with Crippen molar-refractivity contribution < 1.29 is 36.3 Å². The third-order valence-corrected chi connectivity index (χ3v) is 6.69. The van der Waals surface area contributed by atoms with E-state index in [4.69, 9.17) is 16.3 Å². The molecule has 1 fully saturated rings. The molecule has 0 bridgehead atoms. The zero-order chi connectivity index (χ0) is 29.3. The van der Waals surface area contributed by atoms with Gasteiger partial charge in [0.2, 0.25) is 0 Å². The number of hydrogen-bond acceptors (Lipinski definition) is 5. The number of halogens is 6. The van der Waals surface area contributed by atoms with Crippen molar-refractivity contribution in [2.24, 2.45) is 0 Å². The van der Waals surface area contributed by atoms with Crippen LogP contribution in [0.1, 0.15) is 21.5 Å². The first-order chi connectivity index (χ1) is 19.5. The standard InChI is InChI=1S/C28H20ClF5N4O3/c29-22-3-2-18(13-21(22)28(32,33)34)36-27(40)37-24-12-17(30)11-20(25(24)31)26(39)15-1-4-23-16(9-15)10-19(14-35-23)38-5-7-41-8-6-38/h1-4,9-14H,5-8H2,(H2,36,37,40). The van der Waals surface area contributed by atoms with Crippen LogP contribution in [0.2, 0.25) is 5.02 Å². The minimum Gasteiger partial charge on any atom is -0.378 e. The third-order valence-electron chi connectivity index (χ3n) is 6.37. The van der Waals surface area contributed by atoms with Crippen LogP contribution < -0.4 is 15.5 Å². The molecule has 2 N–H and O–H groups in total. The molecule has 1 aliphatic rings. The molecule has 2 heterocycles. The molecule has 13 heteroatoms. The van der Waals surface area contributed by atoms with Crippen molar-refractivity contribution in [3.05, 3.63) is 94.1 Å². The Morgan fingerprint density at radius 2 is 1.71 bits per heavy atom. The van der Waals surface area contributed by atoms with Crippen molar-refractivity contribution >= 4 is 51.4 Å². The average molecular weight is 591 g/mol. The molecule has 5 rings (SSSR count). The predicted molar refractivity (Wildman–Crippen MR) is 144 cm³/mol. The van der Waals surface area contributed by atoms with Gasteiger partial charge in [-0.2, -0.15) is 13.2 Å². The maximum atomic E-state index is 15.4. The fraction of sp³-hybridized carbons (Fsp3) is 0.179. The molecule has 212 valence electrons. The number of fused-ring (bicyclic) bond motifs is 1. The minimum absolute atomic E-state index is 0.0548. The Bertz CT molecular complexity index is 1660. The van der Waals surface area contributed by atoms with E-state index in [-0.39, 0.29) is 11.3 Å². The number of hydrogen-bond donors (Lipinski definition) is 2. The highest BCUT2D eigenvalue weighted by molar-refractivity contribution is 6.31.